The molecule has 0 radical (unpaired) electrons. The lowest BCUT2D eigenvalue weighted by Gasteiger charge is -2.29. The van der Waals surface area contributed by atoms with Crippen molar-refractivity contribution in [1.82, 2.24) is 90.4 Å². The van der Waals surface area contributed by atoms with Gasteiger partial charge in [-0.25, -0.2) is 24.0 Å². The molecule has 0 aliphatic carbocycles. The van der Waals surface area contributed by atoms with Gasteiger partial charge in [-0.15, -0.1) is 0 Å². The van der Waals surface area contributed by atoms with Gasteiger partial charge in [-0.3, -0.25) is 73.1 Å². The second-order valence-electron chi connectivity index (χ2n) is 27.7. The first-order valence-electron chi connectivity index (χ1n) is 37.3. The number of aliphatic carboxylic acids is 1. The number of guanidine groups is 2. The van der Waals surface area contributed by atoms with Crippen LogP contribution in [-0.4, -0.2) is 247 Å². The molecule has 116 heavy (non-hydrogen) atoms. The monoisotopic (exact) mass is 1650 g/mol. The van der Waals surface area contributed by atoms with Gasteiger partial charge in [0.05, 0.1) is 18.6 Å². The first-order chi connectivity index (χ1) is 54.4. The first kappa shape index (κ1) is 101. The maximum absolute atomic E-state index is 14.8. The van der Waals surface area contributed by atoms with Crippen LogP contribution in [0.25, 0.3) is 0 Å². The second kappa shape index (κ2) is 54.1. The highest BCUT2D eigenvalue weighted by molar-refractivity contribution is 6.00. The van der Waals surface area contributed by atoms with Gasteiger partial charge in [0, 0.05) is 52.1 Å². The number of nitrogens with two attached hydrogens (primary N) is 9. The van der Waals surface area contributed by atoms with Crippen molar-refractivity contribution in [2.75, 3.05) is 39.3 Å². The molecule has 0 aliphatic heterocycles. The number of hydrogen-bond acceptors (Lipinski definition) is 22. The number of aliphatic hydroxyl groups is 1. The van der Waals surface area contributed by atoms with Gasteiger partial charge in [-0.05, 0) is 108 Å². The molecular formula is C68H118N28O20. The predicted octanol–water partition coefficient (Wildman–Crippen LogP) is -9.87. The number of benzene rings is 1. The highest BCUT2D eigenvalue weighted by atomic mass is 16.4. The molecule has 0 spiro atoms. The Kier molecular flexibility index (Phi) is 47.3. The zero-order chi connectivity index (χ0) is 87.9. The van der Waals surface area contributed by atoms with E-state index < -0.39 is 235 Å². The number of carbonyl (C=O) groups is 18. The number of hydrogen-bond donors (Lipinski definition) is 30. The van der Waals surface area contributed by atoms with Crippen LogP contribution in [0.5, 0.6) is 0 Å². The van der Waals surface area contributed by atoms with Crippen LogP contribution in [0, 0.1) is 22.7 Å². The van der Waals surface area contributed by atoms with Crippen LogP contribution in [0.1, 0.15) is 136 Å². The lowest BCUT2D eigenvalue weighted by atomic mass is 9.99. The summed E-state index contributed by atoms with van der Waals surface area (Å²) in [6.45, 7) is 6.46. The van der Waals surface area contributed by atoms with Gasteiger partial charge in [0.2, 0.25) is 76.8 Å². The van der Waals surface area contributed by atoms with E-state index in [2.05, 4.69) is 90.4 Å². The Bertz CT molecular complexity index is 3520. The van der Waals surface area contributed by atoms with E-state index in [0.29, 0.717) is 5.56 Å². The summed E-state index contributed by atoms with van der Waals surface area (Å²) in [5, 5.41) is 77.3. The van der Waals surface area contributed by atoms with Crippen molar-refractivity contribution < 1.29 is 96.5 Å². The molecule has 39 N–H and O–H groups in total. The first-order valence-corrected chi connectivity index (χ1v) is 37.3. The van der Waals surface area contributed by atoms with Crippen molar-refractivity contribution in [2.24, 2.45) is 63.4 Å². The van der Waals surface area contributed by atoms with Gasteiger partial charge in [0.1, 0.15) is 66.5 Å². The number of carboxylic acids is 1. The van der Waals surface area contributed by atoms with Crippen LogP contribution in [0.3, 0.4) is 0 Å². The van der Waals surface area contributed by atoms with Crippen molar-refractivity contribution >= 4 is 119 Å². The summed E-state index contributed by atoms with van der Waals surface area (Å²) in [6, 6.07) is -15.9. The molecule has 13 atom stereocenters. The highest BCUT2D eigenvalue weighted by Gasteiger charge is 2.39. The minimum absolute atomic E-state index is 0.0161. The van der Waals surface area contributed by atoms with Crippen molar-refractivity contribution in [2.45, 2.75) is 216 Å². The van der Waals surface area contributed by atoms with E-state index in [4.69, 9.17) is 62.4 Å². The van der Waals surface area contributed by atoms with E-state index in [0.717, 1.165) is 6.92 Å². The fourth-order valence-electron chi connectivity index (χ4n) is 11.0. The smallest absolute Gasteiger partial charge is 0.326 e. The molecule has 21 amide bonds. The van der Waals surface area contributed by atoms with Crippen LogP contribution in [0.15, 0.2) is 30.3 Å². The number of carbonyl (C=O) groups excluding carboxylic acids is 17. The average Bonchev–Trinajstić information content (AvgIpc) is 0.859. The van der Waals surface area contributed by atoms with Crippen molar-refractivity contribution in [1.29, 1.82) is 10.8 Å². The van der Waals surface area contributed by atoms with Crippen molar-refractivity contribution in [3.05, 3.63) is 35.9 Å². The minimum atomic E-state index is -2.04. The van der Waals surface area contributed by atoms with E-state index in [1.165, 1.54) is 27.7 Å². The molecule has 0 unspecified atom stereocenters. The van der Waals surface area contributed by atoms with E-state index in [1.807, 2.05) is 0 Å². The fraction of sp³-hybridized carbons (Fsp3) is 0.618. The number of primary amides is 6. The number of nitrogens with one attached hydrogen (secondary N) is 19. The topological polar surface area (TPSA) is 834 Å². The molecule has 0 aliphatic rings. The largest absolute Gasteiger partial charge is 0.480 e. The fourth-order valence-corrected chi connectivity index (χ4v) is 11.0. The second-order valence-corrected chi connectivity index (χ2v) is 27.7. The number of amides is 21. The molecule has 650 valence electrons. The van der Waals surface area contributed by atoms with E-state index in [9.17, 15) is 96.5 Å². The molecule has 0 aromatic heterocycles. The van der Waals surface area contributed by atoms with Crippen LogP contribution in [-0.2, 0) is 73.5 Å². The van der Waals surface area contributed by atoms with Crippen LogP contribution >= 0.6 is 0 Å². The molecule has 1 rings (SSSR count). The number of carboxylic acid groups (broad SMARTS) is 1. The van der Waals surface area contributed by atoms with Crippen LogP contribution in [0.4, 0.5) is 19.2 Å². The molecule has 48 heteroatoms. The summed E-state index contributed by atoms with van der Waals surface area (Å²) in [5.41, 5.74) is 49.4. The third-order valence-corrected chi connectivity index (χ3v) is 17.2. The minimum Gasteiger partial charge on any atom is -0.480 e. The van der Waals surface area contributed by atoms with Gasteiger partial charge in [-0.1, -0.05) is 58.0 Å². The molecule has 0 bridgehead atoms. The van der Waals surface area contributed by atoms with E-state index >= 15 is 0 Å². The van der Waals surface area contributed by atoms with E-state index in [1.54, 1.807) is 30.3 Å². The Morgan fingerprint density at radius 2 is 0.621 bits per heavy atom. The molecule has 0 saturated heterocycles. The third kappa shape index (κ3) is 42.8. The Hall–Kier alpha value is -12.7. The summed E-state index contributed by atoms with van der Waals surface area (Å²) in [7, 11) is 0. The summed E-state index contributed by atoms with van der Waals surface area (Å²) >= 11 is 0. The molecule has 0 saturated carbocycles. The Balaban J connectivity index is 4.00. The summed E-state index contributed by atoms with van der Waals surface area (Å²) in [6.07, 6.45) is -6.09. The number of rotatable bonds is 57. The van der Waals surface area contributed by atoms with Crippen molar-refractivity contribution in [3.63, 3.8) is 0 Å². The molecule has 48 nitrogen and oxygen atoms in total. The van der Waals surface area contributed by atoms with E-state index in [-0.39, 0.29) is 116 Å². The number of urea groups is 4. The maximum atomic E-state index is 14.8. The predicted molar refractivity (Wildman–Crippen MR) is 416 cm³/mol. The molecule has 0 heterocycles. The summed E-state index contributed by atoms with van der Waals surface area (Å²) in [4.78, 5) is 241. The Labute approximate surface area is 668 Å². The quantitative estimate of drug-likeness (QED) is 0.0164. The number of aliphatic hydroxyl groups excluding tert-OH is 1. The molecule has 1 aromatic rings. The van der Waals surface area contributed by atoms with Gasteiger partial charge in [-0.2, -0.15) is 0 Å². The highest BCUT2D eigenvalue weighted by Crippen LogP contribution is 2.14. The van der Waals surface area contributed by atoms with Crippen molar-refractivity contribution in [3.8, 4) is 0 Å². The Morgan fingerprint density at radius 3 is 0.948 bits per heavy atom. The molecule has 0 fully saturated rings. The van der Waals surface area contributed by atoms with Gasteiger partial charge < -0.3 is 152 Å². The van der Waals surface area contributed by atoms with Gasteiger partial charge in [0.15, 0.2) is 11.9 Å². The molecule has 1 aromatic carbocycles. The zero-order valence-electron chi connectivity index (χ0n) is 65.5. The third-order valence-electron chi connectivity index (χ3n) is 17.2. The van der Waals surface area contributed by atoms with Gasteiger partial charge >= 0.3 is 30.1 Å². The summed E-state index contributed by atoms with van der Waals surface area (Å²) in [5.74, 6) is -17.8. The summed E-state index contributed by atoms with van der Waals surface area (Å²) < 4.78 is 0. The lowest BCUT2D eigenvalue weighted by molar-refractivity contribution is -0.144. The normalized spacial score (nSPS) is 14.2. The zero-order valence-corrected chi connectivity index (χ0v) is 65.5. The lowest BCUT2D eigenvalue weighted by Crippen LogP contribution is -2.62. The standard InChI is InChI=1S/C68H118N28O20/c1-33(2)48(60(109)95-49(34(3)4)62(111)112)94-59(108)45(32-47(71)99)93-56(105)40(18-10-26-81-64(74)75)88-53(102)39(20-12-28-83-66(77)114)87-54(103)42(22-14-30-85-68(79)116)91-61(110)50(35(5)97)96-58(107)44(31-36-15-7-6-8-16-36)92-55(104)41(21-13-29-84-67(78)115)89-57(106)43(23-24-46(70)98)90-52(101)38(19-11-27-82-65(76)113)86-51(100)37(69)17-9-25-80-63(72)73/h6-8,15-16,33-35,37-45,48-50,97H,9-14,17-32,69H2,1-5H3,(H2,70,98)(H2,71,99)(H,86,100)(H,87,103)(H,88,102)(H,89,106)(H,90,101)(H,91,110)(H,92,104)(H,93,105)(H,94,108)(H,95,109)(H,96,107)(H,111,112)(H4,72,73,80)(H4,74,75,81)(H3,76,82,113)(H3,77,83,114)(H3,78,84,115)(H3,79,85,116)/t35-,37+,38+,39+,40+,41+,42+,43+,44+,45+,48+,49+,50+/m1/s1. The maximum Gasteiger partial charge on any atom is 0.326 e. The average molecular weight is 1650 g/mol. The van der Waals surface area contributed by atoms with Crippen LogP contribution in [0.2, 0.25) is 0 Å². The SMILES string of the molecule is CC(C)[C@H](NC(=O)[C@@H](NC(=O)[C@H](CC(N)=O)NC(=O)[C@H](CCCNC(=N)N)NC(=O)[C@H](CCCNC(N)=O)NC(=O)[C@H](CCCNC(N)=O)NC(=O)[C@@H](NC(=O)[C@H](Cc1ccccc1)NC(=O)[C@H](CCCNC(N)=O)NC(=O)[C@H](CCC(N)=O)NC(=O)[C@H](CCCNC(N)=O)NC(=O)[C@@H](N)CCCNC(=N)N)[C@@H](C)O)C(C)C)C(=O)O. The van der Waals surface area contributed by atoms with Gasteiger partial charge in [0.25, 0.3) is 0 Å². The molecular weight excluding hydrogens is 1530 g/mol. The van der Waals surface area contributed by atoms with Crippen LogP contribution < -0.4 is 142 Å². The Morgan fingerprint density at radius 1 is 0.336 bits per heavy atom.